The highest BCUT2D eigenvalue weighted by Crippen LogP contribution is 2.34. The van der Waals surface area contributed by atoms with Crippen LogP contribution in [-0.4, -0.2) is 154 Å². The Labute approximate surface area is 780 Å². The number of phenolic OH excluding ortho intramolecular Hbond substituents is 6. The summed E-state index contributed by atoms with van der Waals surface area (Å²) >= 11 is 0. The van der Waals surface area contributed by atoms with Crippen molar-refractivity contribution in [2.45, 2.75) is 228 Å². The number of cyclic esters (lactones) is 5. The van der Waals surface area contributed by atoms with Gasteiger partial charge in [0.25, 0.3) is 0 Å². The number of aryl methyl sites for hydroxylation is 4. The zero-order valence-electron chi connectivity index (χ0n) is 77.9. The molecule has 11 rings (SSSR count). The number of nitrogens with zero attached hydrogens (tertiary/aromatic N) is 5. The van der Waals surface area contributed by atoms with Gasteiger partial charge in [-0.2, -0.15) is 10.2 Å². The maximum atomic E-state index is 12.8. The number of aromatic hydroxyl groups is 6. The van der Waals surface area contributed by atoms with Gasteiger partial charge in [0.05, 0.1) is 45.9 Å². The molecule has 0 saturated heterocycles. The number of hydrazone groups is 2. The molecule has 6 aromatic rings. The molecule has 5 aliphatic heterocycles. The number of ether oxygens (including phenoxy) is 5. The van der Waals surface area contributed by atoms with Crippen LogP contribution in [0.5, 0.6) is 34.5 Å². The summed E-state index contributed by atoms with van der Waals surface area (Å²) in [5, 5.41) is 89.0. The number of rotatable bonds is 7. The summed E-state index contributed by atoms with van der Waals surface area (Å²) in [4.78, 5) is 75.8. The fourth-order valence-electron chi connectivity index (χ4n) is 14.4. The van der Waals surface area contributed by atoms with Crippen molar-refractivity contribution in [1.82, 2.24) is 10.3 Å². The van der Waals surface area contributed by atoms with E-state index in [0.717, 1.165) is 140 Å². The molecule has 710 valence electrons. The fraction of sp³-hybridized carbons (Fsp3) is 0.365. The highest BCUT2D eigenvalue weighted by molar-refractivity contribution is 7.88. The van der Waals surface area contributed by atoms with Crippen molar-refractivity contribution in [3.8, 4) is 34.5 Å². The summed E-state index contributed by atoms with van der Waals surface area (Å²) in [5.41, 5.74) is 14.7. The lowest BCUT2D eigenvalue weighted by Gasteiger charge is -2.17. The Kier molecular flexibility index (Phi) is 44.7. The molecule has 0 aliphatic carbocycles. The molecule has 5 aliphatic rings. The fourth-order valence-corrected chi connectivity index (χ4v) is 14.7. The molecule has 0 spiro atoms. The normalized spacial score (nSPS) is 22.7. The number of phenols is 6. The van der Waals surface area contributed by atoms with Gasteiger partial charge in [0.15, 0.2) is 0 Å². The SMILES string of the molecule is CC1C/C=C/CC/C=C/C(=NO)Cc2cc(O)cc(O)c2C(=O)O1.CC1C/C=C/CC/C=C/C(=NOCc2ccccc2)Cc2cc(O)cc(O)c2C(=O)O1.CNN=C1/C=C/CC/C=C/CC(C)OC(=O)c2c(C)cc(C)cc2C1.CON=C1/C=C/CC/C=C/CC(C)OC(=O)c2c(O)cc(O)cc2C1.Cc1cc(C)c2c(c1)CC(=NNS(C)(=O)=O)/C=C/CC/C=C/CC(C)OC2=O. The number of carbonyl (C=O) groups excluding carboxylic acids is 5. The first-order chi connectivity index (χ1) is 63.7. The van der Waals surface area contributed by atoms with Gasteiger partial charge < -0.3 is 74.6 Å². The van der Waals surface area contributed by atoms with Crippen molar-refractivity contribution in [1.29, 1.82) is 0 Å². The van der Waals surface area contributed by atoms with E-state index in [1.807, 2.05) is 175 Å². The van der Waals surface area contributed by atoms with Crippen molar-refractivity contribution in [3.63, 3.8) is 0 Å². The lowest BCUT2D eigenvalue weighted by Crippen LogP contribution is -2.20. The van der Waals surface area contributed by atoms with Crippen LogP contribution in [0.4, 0.5) is 0 Å². The quantitative estimate of drug-likeness (QED) is 0.0236. The number of carbonyl (C=O) groups is 5. The molecule has 29 heteroatoms. The van der Waals surface area contributed by atoms with Crippen LogP contribution in [0.2, 0.25) is 0 Å². The lowest BCUT2D eigenvalue weighted by atomic mass is 9.95. The number of sulfonamides is 1. The Bertz CT molecular complexity index is 5430. The number of allylic oxidation sites excluding steroid dienone is 15. The standard InChI is InChI=1S/C25H27NO5.C21H28N2O4S.C21H28N2O2.C19H23NO5.C18H21NO5/c1-18-10-6-3-2-4-9-13-21(26-30-17-19-11-7-5-8-12-19)14-20-15-22(27)16-23(28)24(20)25(29)31-18;1-15-12-16(2)20-18(13-15)14-19(22-23-28(4,25)26)11-9-7-5-6-8-10-17(3)27-21(20)24;1-15-12-16(2)20-18(13-15)14-19(23-22-4)11-9-7-5-6-8-10-17(3)25-21(20)24;1-13-8-6-4-3-5-7-9-15(20-24-2)10-14-11-16(21)12-17(22)18(14)19(23)25-13;1-12-7-5-3-2-4-6-8-14(19-23)9-13-10-15(20)11-16(21)17(13)18(22)24-12/h3,5-9,11-13,15-16,18,27-28H,2,4,10,14,17H2,1H3;6,8-9,11-13,17,23H,5,7,10,14H2,1-4H3;6,8-9,11-13,17,22H,5,7,10,14H2,1-4H3;4,6-7,9,11-13,21-22H,3,5,8,10H2,1-2H3;3,5-6,8,10-12,20-21,23H,2,4,7,9H2,1H3/b6-3+,13-9+,26-21?;8-6+,11-9+,22-19?;8-6+,11-9+,23-19?;6-4+,9-7+,20-15?;5-3+,8-6+,19-14?. The Morgan fingerprint density at radius 2 is 0.669 bits per heavy atom. The minimum Gasteiger partial charge on any atom is -0.508 e. The first-order valence-corrected chi connectivity index (χ1v) is 46.4. The van der Waals surface area contributed by atoms with Crippen molar-refractivity contribution < 1.29 is 102 Å². The highest BCUT2D eigenvalue weighted by atomic mass is 32.2. The molecule has 0 saturated carbocycles. The van der Waals surface area contributed by atoms with Crippen LogP contribution in [0.1, 0.15) is 238 Å². The second-order valence-corrected chi connectivity index (χ2v) is 34.3. The number of esters is 5. The van der Waals surface area contributed by atoms with Gasteiger partial charge in [-0.15, -0.1) is 0 Å². The monoisotopic (exact) mass is 1840 g/mol. The van der Waals surface area contributed by atoms with Crippen LogP contribution in [-0.2, 0) is 82.1 Å². The van der Waals surface area contributed by atoms with Gasteiger partial charge >= 0.3 is 29.8 Å². The summed E-state index contributed by atoms with van der Waals surface area (Å²) in [6.45, 7) is 17.3. The third-order valence-electron chi connectivity index (χ3n) is 20.5. The van der Waals surface area contributed by atoms with Crippen molar-refractivity contribution in [3.05, 3.63) is 296 Å². The molecule has 133 heavy (non-hydrogen) atoms. The minimum atomic E-state index is -3.47. The molecule has 0 bridgehead atoms. The van der Waals surface area contributed by atoms with E-state index < -0.39 is 27.9 Å². The Morgan fingerprint density at radius 3 is 1.00 bits per heavy atom. The van der Waals surface area contributed by atoms with E-state index >= 15 is 0 Å². The van der Waals surface area contributed by atoms with E-state index in [9.17, 15) is 63.0 Å². The molecule has 5 unspecified atom stereocenters. The summed E-state index contributed by atoms with van der Waals surface area (Å²) in [6.07, 6.45) is 52.1. The third kappa shape index (κ3) is 38.3. The second kappa shape index (κ2) is 56.0. The first-order valence-electron chi connectivity index (χ1n) is 44.5. The average molecular weight is 1840 g/mol. The van der Waals surface area contributed by atoms with Crippen LogP contribution >= 0.6 is 0 Å². The van der Waals surface area contributed by atoms with Gasteiger partial charge in [0, 0.05) is 89.5 Å². The van der Waals surface area contributed by atoms with Crippen LogP contribution in [0.25, 0.3) is 0 Å². The predicted molar refractivity (Wildman–Crippen MR) is 519 cm³/mol. The summed E-state index contributed by atoms with van der Waals surface area (Å²) in [6, 6.07) is 25.2. The molecule has 9 N–H and O–H groups in total. The molecule has 0 radical (unpaired) electrons. The first kappa shape index (κ1) is 106. The Hall–Kier alpha value is -13.8. The van der Waals surface area contributed by atoms with Gasteiger partial charge in [0.2, 0.25) is 10.0 Å². The molecular weight excluding hydrogens is 1720 g/mol. The Morgan fingerprint density at radius 1 is 0.376 bits per heavy atom. The van der Waals surface area contributed by atoms with E-state index in [4.69, 9.17) is 38.6 Å². The van der Waals surface area contributed by atoms with Crippen molar-refractivity contribution in [2.75, 3.05) is 20.4 Å². The number of hydrogen-bond acceptors (Lipinski definition) is 27. The summed E-state index contributed by atoms with van der Waals surface area (Å²) in [7, 11) is -0.249. The van der Waals surface area contributed by atoms with Crippen LogP contribution < -0.4 is 10.3 Å². The topological polar surface area (TPSA) is 412 Å². The molecule has 0 aromatic heterocycles. The molecule has 5 heterocycles. The van der Waals surface area contributed by atoms with Gasteiger partial charge in [-0.1, -0.05) is 172 Å². The largest absolute Gasteiger partial charge is 0.508 e. The zero-order chi connectivity index (χ0) is 96.8. The van der Waals surface area contributed by atoms with E-state index in [1.165, 1.54) is 25.3 Å². The maximum Gasteiger partial charge on any atom is 0.342 e. The van der Waals surface area contributed by atoms with Crippen LogP contribution in [0.15, 0.2) is 238 Å². The molecule has 5 atom stereocenters. The summed E-state index contributed by atoms with van der Waals surface area (Å²) < 4.78 is 50.5. The molecule has 28 nitrogen and oxygen atoms in total. The van der Waals surface area contributed by atoms with E-state index in [1.54, 1.807) is 40.0 Å². The smallest absolute Gasteiger partial charge is 0.342 e. The van der Waals surface area contributed by atoms with Gasteiger partial charge in [-0.25, -0.2) is 37.2 Å². The number of fused-ring (bicyclic) bond motifs is 5. The average Bonchev–Trinajstić information content (AvgIpc) is 0.832. The lowest BCUT2D eigenvalue weighted by molar-refractivity contribution is 0.0332. The van der Waals surface area contributed by atoms with E-state index in [-0.39, 0.29) is 113 Å². The number of hydrogen-bond donors (Lipinski definition) is 9. The maximum absolute atomic E-state index is 12.8. The number of benzene rings is 6. The van der Waals surface area contributed by atoms with Crippen LogP contribution in [0, 0.1) is 27.7 Å². The van der Waals surface area contributed by atoms with Gasteiger partial charge in [-0.3, -0.25) is 0 Å². The molecule has 0 fully saturated rings. The third-order valence-corrected chi connectivity index (χ3v) is 20.9. The van der Waals surface area contributed by atoms with Crippen molar-refractivity contribution >= 4 is 68.4 Å². The highest BCUT2D eigenvalue weighted by Gasteiger charge is 2.28. The Balaban J connectivity index is 0.000000228. The molecule has 6 aromatic carbocycles. The molecular formula is C104H127N7O21S. The van der Waals surface area contributed by atoms with Gasteiger partial charge in [0.1, 0.15) is 95.4 Å². The zero-order valence-corrected chi connectivity index (χ0v) is 78.8. The number of oxime groups is 3. The van der Waals surface area contributed by atoms with Gasteiger partial charge in [-0.05, 0) is 220 Å². The molecule has 0 amide bonds. The van der Waals surface area contributed by atoms with E-state index in [2.05, 4.69) is 66.3 Å². The van der Waals surface area contributed by atoms with Crippen LogP contribution in [0.3, 0.4) is 0 Å². The minimum absolute atomic E-state index is 0.0230. The summed E-state index contributed by atoms with van der Waals surface area (Å²) in [5.74, 6) is -4.06. The van der Waals surface area contributed by atoms with Crippen molar-refractivity contribution in [2.24, 2.45) is 25.7 Å². The second-order valence-electron chi connectivity index (χ2n) is 32.6. The van der Waals surface area contributed by atoms with E-state index in [0.29, 0.717) is 95.8 Å². The number of nitrogens with one attached hydrogen (secondary N) is 2. The predicted octanol–water partition coefficient (Wildman–Crippen LogP) is 19.7.